The van der Waals surface area contributed by atoms with Gasteiger partial charge in [-0.25, -0.2) is 4.98 Å². The molecule has 1 aromatic carbocycles. The van der Waals surface area contributed by atoms with Gasteiger partial charge < -0.3 is 9.88 Å². The molecule has 0 amide bonds. The number of aliphatic imine (C=N–C) groups is 1. The van der Waals surface area contributed by atoms with Crippen molar-refractivity contribution in [3.63, 3.8) is 0 Å². The summed E-state index contributed by atoms with van der Waals surface area (Å²) in [6.45, 7) is 11.0. The average molecular weight is 334 g/mol. The van der Waals surface area contributed by atoms with E-state index in [2.05, 4.69) is 33.8 Å². The number of nitrogens with one attached hydrogen (secondary N) is 2. The summed E-state index contributed by atoms with van der Waals surface area (Å²) in [7, 11) is 0. The Labute approximate surface area is 148 Å². The van der Waals surface area contributed by atoms with Crippen molar-refractivity contribution in [1.29, 1.82) is 5.26 Å². The number of aromatic nitrogens is 2. The number of nitrogens with zero attached hydrogens (tertiary/aromatic N) is 4. The summed E-state index contributed by atoms with van der Waals surface area (Å²) in [6.07, 6.45) is 10.1. The minimum atomic E-state index is 0.422. The zero-order valence-electron chi connectivity index (χ0n) is 14.4. The van der Waals surface area contributed by atoms with Crippen molar-refractivity contribution in [2.75, 3.05) is 11.9 Å². The molecule has 0 radical (unpaired) electrons. The van der Waals surface area contributed by atoms with Gasteiger partial charge in [-0.2, -0.15) is 5.26 Å². The van der Waals surface area contributed by atoms with Crippen LogP contribution in [0, 0.1) is 18.4 Å². The van der Waals surface area contributed by atoms with Crippen LogP contribution in [-0.2, 0) is 6.54 Å². The summed E-state index contributed by atoms with van der Waals surface area (Å²) >= 11 is 0. The van der Waals surface area contributed by atoms with E-state index in [9.17, 15) is 0 Å². The Hall–Kier alpha value is -3.33. The third-order valence-electron chi connectivity index (χ3n) is 3.57. The molecule has 1 heterocycles. The third kappa shape index (κ3) is 5.36. The molecule has 0 unspecified atom stereocenters. The summed E-state index contributed by atoms with van der Waals surface area (Å²) in [5.41, 5.74) is 3.79. The van der Waals surface area contributed by atoms with E-state index in [0.717, 1.165) is 35.5 Å². The van der Waals surface area contributed by atoms with E-state index in [1.807, 2.05) is 48.4 Å². The second-order valence-corrected chi connectivity index (χ2v) is 5.45. The van der Waals surface area contributed by atoms with Gasteiger partial charge in [0.2, 0.25) is 5.96 Å². The average Bonchev–Trinajstić information content (AvgIpc) is 3.04. The second kappa shape index (κ2) is 9.08. The Morgan fingerprint density at radius 1 is 1.36 bits per heavy atom. The fourth-order valence-electron chi connectivity index (χ4n) is 2.35. The quantitative estimate of drug-likeness (QED) is 0.267. The standard InChI is InChI=1S/C19H22N6/c1-4-16-7-8-18(11-17(16)5-2)24-19(22-13-20)21-9-6-10-25-12-15(3)23-14-25/h4-5,7-8,11-12,14H,1-2,6,9-10H2,3H3,(H2,21,22,24). The molecule has 2 N–H and O–H groups in total. The molecular weight excluding hydrogens is 312 g/mol. The number of aryl methyl sites for hydroxylation is 2. The first kappa shape index (κ1) is 18.0. The topological polar surface area (TPSA) is 78.0 Å². The monoisotopic (exact) mass is 334 g/mol. The molecule has 0 fully saturated rings. The van der Waals surface area contributed by atoms with Crippen LogP contribution < -0.4 is 10.6 Å². The number of guanidine groups is 1. The number of imidazole rings is 1. The molecule has 0 aliphatic heterocycles. The van der Waals surface area contributed by atoms with E-state index in [1.54, 1.807) is 12.2 Å². The fourth-order valence-corrected chi connectivity index (χ4v) is 2.35. The van der Waals surface area contributed by atoms with Crippen LogP contribution in [0.25, 0.3) is 12.2 Å². The lowest BCUT2D eigenvalue weighted by molar-refractivity contribution is 0.650. The Morgan fingerprint density at radius 3 is 2.80 bits per heavy atom. The van der Waals surface area contributed by atoms with Crippen molar-refractivity contribution in [3.05, 3.63) is 60.7 Å². The van der Waals surface area contributed by atoms with Gasteiger partial charge in [-0.05, 0) is 36.6 Å². The molecule has 0 spiro atoms. The van der Waals surface area contributed by atoms with Crippen molar-refractivity contribution in [2.24, 2.45) is 4.99 Å². The molecule has 1 aromatic heterocycles. The van der Waals surface area contributed by atoms with Gasteiger partial charge in [-0.15, -0.1) is 0 Å². The van der Waals surface area contributed by atoms with E-state index >= 15 is 0 Å². The molecule has 0 bridgehead atoms. The predicted molar refractivity (Wildman–Crippen MR) is 103 cm³/mol. The van der Waals surface area contributed by atoms with Crippen LogP contribution in [0.1, 0.15) is 23.2 Å². The predicted octanol–water partition coefficient (Wildman–Crippen LogP) is 3.41. The fraction of sp³-hybridized carbons (Fsp3) is 0.211. The van der Waals surface area contributed by atoms with Crippen LogP contribution in [0.4, 0.5) is 5.69 Å². The number of benzene rings is 1. The van der Waals surface area contributed by atoms with Gasteiger partial charge in [-0.1, -0.05) is 31.4 Å². The highest BCUT2D eigenvalue weighted by molar-refractivity contribution is 5.95. The highest BCUT2D eigenvalue weighted by atomic mass is 15.2. The molecule has 128 valence electrons. The molecule has 25 heavy (non-hydrogen) atoms. The van der Waals surface area contributed by atoms with Crippen molar-refractivity contribution in [1.82, 2.24) is 14.9 Å². The molecule has 0 atom stereocenters. The summed E-state index contributed by atoms with van der Waals surface area (Å²) in [5.74, 6) is 0.422. The highest BCUT2D eigenvalue weighted by Crippen LogP contribution is 2.18. The van der Waals surface area contributed by atoms with E-state index in [4.69, 9.17) is 5.26 Å². The van der Waals surface area contributed by atoms with Gasteiger partial charge in [0, 0.05) is 25.0 Å². The Bertz CT molecular complexity index is 810. The van der Waals surface area contributed by atoms with Crippen LogP contribution in [0.5, 0.6) is 0 Å². The van der Waals surface area contributed by atoms with Gasteiger partial charge in [0.05, 0.1) is 12.0 Å². The van der Waals surface area contributed by atoms with E-state index in [0.29, 0.717) is 12.5 Å². The van der Waals surface area contributed by atoms with Crippen LogP contribution in [0.15, 0.2) is 48.9 Å². The molecule has 0 aliphatic rings. The zero-order chi connectivity index (χ0) is 18.1. The Balaban J connectivity index is 1.98. The molecule has 0 saturated carbocycles. The largest absolute Gasteiger partial charge is 0.337 e. The number of rotatable bonds is 7. The number of anilines is 1. The second-order valence-electron chi connectivity index (χ2n) is 5.45. The third-order valence-corrected chi connectivity index (χ3v) is 3.57. The van der Waals surface area contributed by atoms with Crippen LogP contribution >= 0.6 is 0 Å². The number of nitriles is 1. The number of hydrogen-bond donors (Lipinski definition) is 2. The van der Waals surface area contributed by atoms with Gasteiger partial charge >= 0.3 is 0 Å². The van der Waals surface area contributed by atoms with Crippen molar-refractivity contribution >= 4 is 23.8 Å². The first-order chi connectivity index (χ1) is 12.2. The van der Waals surface area contributed by atoms with Gasteiger partial charge in [0.15, 0.2) is 6.19 Å². The summed E-state index contributed by atoms with van der Waals surface area (Å²) in [6, 6.07) is 5.79. The molecular formula is C19H22N6. The zero-order valence-corrected chi connectivity index (χ0v) is 14.4. The molecule has 6 nitrogen and oxygen atoms in total. The van der Waals surface area contributed by atoms with Crippen LogP contribution in [0.2, 0.25) is 0 Å². The van der Waals surface area contributed by atoms with Crippen molar-refractivity contribution < 1.29 is 0 Å². The number of hydrogen-bond acceptors (Lipinski definition) is 3. The first-order valence-corrected chi connectivity index (χ1v) is 8.00. The molecule has 2 rings (SSSR count). The normalized spacial score (nSPS) is 10.8. The lowest BCUT2D eigenvalue weighted by Crippen LogP contribution is -2.27. The smallest absolute Gasteiger partial charge is 0.209 e. The molecule has 2 aromatic rings. The molecule has 0 saturated heterocycles. The van der Waals surface area contributed by atoms with Gasteiger partial charge in [0.1, 0.15) is 0 Å². The maximum absolute atomic E-state index is 8.91. The van der Waals surface area contributed by atoms with Crippen LogP contribution in [-0.4, -0.2) is 22.1 Å². The van der Waals surface area contributed by atoms with Crippen molar-refractivity contribution in [3.8, 4) is 6.19 Å². The SMILES string of the molecule is C=Cc1ccc(NC(=NCCCn2cnc(C)c2)NC#N)cc1C=C. The van der Waals surface area contributed by atoms with Crippen molar-refractivity contribution in [2.45, 2.75) is 19.9 Å². The summed E-state index contributed by atoms with van der Waals surface area (Å²) < 4.78 is 2.03. The highest BCUT2D eigenvalue weighted by Gasteiger charge is 2.02. The minimum Gasteiger partial charge on any atom is -0.337 e. The Morgan fingerprint density at radius 2 is 2.16 bits per heavy atom. The molecule has 0 aliphatic carbocycles. The van der Waals surface area contributed by atoms with Gasteiger partial charge in [0.25, 0.3) is 0 Å². The van der Waals surface area contributed by atoms with E-state index in [-0.39, 0.29) is 0 Å². The van der Waals surface area contributed by atoms with E-state index in [1.165, 1.54) is 0 Å². The maximum Gasteiger partial charge on any atom is 0.209 e. The lowest BCUT2D eigenvalue weighted by atomic mass is 10.1. The maximum atomic E-state index is 8.91. The lowest BCUT2D eigenvalue weighted by Gasteiger charge is -2.10. The summed E-state index contributed by atoms with van der Waals surface area (Å²) in [5, 5.41) is 14.6. The van der Waals surface area contributed by atoms with E-state index < -0.39 is 0 Å². The van der Waals surface area contributed by atoms with Crippen LogP contribution in [0.3, 0.4) is 0 Å². The summed E-state index contributed by atoms with van der Waals surface area (Å²) in [4.78, 5) is 8.61. The first-order valence-electron chi connectivity index (χ1n) is 8.00. The molecule has 6 heteroatoms. The van der Waals surface area contributed by atoms with Gasteiger partial charge in [-0.3, -0.25) is 10.3 Å². The Kier molecular flexibility index (Phi) is 6.55. The minimum absolute atomic E-state index is 0.422.